The number of carboxylic acids is 1. The zero-order chi connectivity index (χ0) is 17.3. The number of amides is 1. The van der Waals surface area contributed by atoms with Crippen LogP contribution < -0.4 is 0 Å². The fourth-order valence-electron chi connectivity index (χ4n) is 3.76. The second kappa shape index (κ2) is 6.81. The molecule has 2 atom stereocenters. The van der Waals surface area contributed by atoms with Gasteiger partial charge in [-0.05, 0) is 49.8 Å². The highest BCUT2D eigenvalue weighted by Gasteiger charge is 2.40. The average molecular weight is 333 g/mol. The maximum atomic E-state index is 12.6. The minimum Gasteiger partial charge on any atom is -0.507 e. The zero-order valence-electron chi connectivity index (χ0n) is 13.8. The Kier molecular flexibility index (Phi) is 4.76. The van der Waals surface area contributed by atoms with Gasteiger partial charge in [0.2, 0.25) is 0 Å². The van der Waals surface area contributed by atoms with E-state index < -0.39 is 11.9 Å². The number of hydrogen-bond donors (Lipinski definition) is 2. The van der Waals surface area contributed by atoms with Crippen LogP contribution in [0.2, 0.25) is 0 Å². The van der Waals surface area contributed by atoms with Gasteiger partial charge < -0.3 is 19.8 Å². The number of aryl methyl sites for hydroxylation is 1. The lowest BCUT2D eigenvalue weighted by atomic mass is 9.84. The van der Waals surface area contributed by atoms with Crippen molar-refractivity contribution in [2.24, 2.45) is 11.8 Å². The van der Waals surface area contributed by atoms with Crippen molar-refractivity contribution >= 4 is 11.9 Å². The van der Waals surface area contributed by atoms with E-state index in [-0.39, 0.29) is 23.7 Å². The van der Waals surface area contributed by atoms with Crippen molar-refractivity contribution in [1.29, 1.82) is 0 Å². The van der Waals surface area contributed by atoms with E-state index in [4.69, 9.17) is 4.74 Å². The van der Waals surface area contributed by atoms with Crippen LogP contribution in [-0.2, 0) is 9.53 Å². The third kappa shape index (κ3) is 3.24. The van der Waals surface area contributed by atoms with Gasteiger partial charge in [0, 0.05) is 19.7 Å². The fraction of sp³-hybridized carbons (Fsp3) is 0.556. The summed E-state index contributed by atoms with van der Waals surface area (Å²) in [6, 6.07) is 5.05. The van der Waals surface area contributed by atoms with E-state index in [0.29, 0.717) is 31.7 Å². The molecule has 6 heteroatoms. The number of likely N-dealkylation sites (tertiary alicyclic amines) is 1. The largest absolute Gasteiger partial charge is 0.507 e. The molecule has 0 aromatic heterocycles. The highest BCUT2D eigenvalue weighted by molar-refractivity contribution is 5.97. The quantitative estimate of drug-likeness (QED) is 0.884. The van der Waals surface area contributed by atoms with E-state index in [1.165, 1.54) is 0 Å². The Morgan fingerprint density at radius 3 is 2.54 bits per heavy atom. The van der Waals surface area contributed by atoms with Crippen LogP contribution in [0, 0.1) is 18.8 Å². The fourth-order valence-corrected chi connectivity index (χ4v) is 3.76. The number of carbonyl (C=O) groups excluding carboxylic acids is 1. The van der Waals surface area contributed by atoms with E-state index in [1.807, 2.05) is 13.0 Å². The number of carbonyl (C=O) groups is 2. The Labute approximate surface area is 141 Å². The van der Waals surface area contributed by atoms with Gasteiger partial charge in [0.15, 0.2) is 0 Å². The Morgan fingerprint density at radius 1 is 1.21 bits per heavy atom. The molecule has 2 fully saturated rings. The van der Waals surface area contributed by atoms with Crippen LogP contribution >= 0.6 is 0 Å². The van der Waals surface area contributed by atoms with Gasteiger partial charge in [0.25, 0.3) is 5.91 Å². The van der Waals surface area contributed by atoms with Crippen LogP contribution in [0.15, 0.2) is 18.2 Å². The molecule has 1 amide bonds. The molecule has 0 spiro atoms. The molecule has 0 saturated carbocycles. The molecule has 24 heavy (non-hydrogen) atoms. The summed E-state index contributed by atoms with van der Waals surface area (Å²) < 4.78 is 5.65. The van der Waals surface area contributed by atoms with Crippen LogP contribution in [0.1, 0.15) is 35.2 Å². The van der Waals surface area contributed by atoms with Crippen molar-refractivity contribution in [2.45, 2.75) is 32.3 Å². The zero-order valence-corrected chi connectivity index (χ0v) is 13.8. The highest BCUT2D eigenvalue weighted by Crippen LogP contribution is 2.34. The number of aromatic hydroxyl groups is 1. The van der Waals surface area contributed by atoms with Crippen molar-refractivity contribution in [3.8, 4) is 5.75 Å². The molecule has 2 saturated heterocycles. The summed E-state index contributed by atoms with van der Waals surface area (Å²) in [7, 11) is 0. The molecule has 2 aliphatic heterocycles. The van der Waals surface area contributed by atoms with Crippen LogP contribution in [-0.4, -0.2) is 52.8 Å². The maximum absolute atomic E-state index is 12.6. The van der Waals surface area contributed by atoms with Crippen LogP contribution in [0.5, 0.6) is 5.75 Å². The second-order valence-corrected chi connectivity index (χ2v) is 6.72. The Balaban J connectivity index is 1.62. The number of benzene rings is 1. The molecule has 2 heterocycles. The topological polar surface area (TPSA) is 87.1 Å². The van der Waals surface area contributed by atoms with Crippen molar-refractivity contribution in [3.63, 3.8) is 0 Å². The lowest BCUT2D eigenvalue weighted by Crippen LogP contribution is -2.43. The summed E-state index contributed by atoms with van der Waals surface area (Å²) in [5.41, 5.74) is 1.22. The van der Waals surface area contributed by atoms with Gasteiger partial charge in [-0.25, -0.2) is 0 Å². The Hall–Kier alpha value is -2.08. The van der Waals surface area contributed by atoms with Crippen molar-refractivity contribution in [2.75, 3.05) is 19.7 Å². The van der Waals surface area contributed by atoms with Crippen LogP contribution in [0.25, 0.3) is 0 Å². The molecule has 0 aliphatic carbocycles. The van der Waals surface area contributed by atoms with Gasteiger partial charge in [-0.3, -0.25) is 9.59 Å². The SMILES string of the molecule is Cc1ccc(C(=O)N2CCC([C@@H]3OCCC3C(=O)O)CC2)c(O)c1. The molecule has 3 rings (SSSR count). The molecule has 0 bridgehead atoms. The molecule has 2 N–H and O–H groups in total. The summed E-state index contributed by atoms with van der Waals surface area (Å²) in [4.78, 5) is 25.6. The van der Waals surface area contributed by atoms with Gasteiger partial charge in [-0.15, -0.1) is 0 Å². The van der Waals surface area contributed by atoms with Gasteiger partial charge >= 0.3 is 5.97 Å². The summed E-state index contributed by atoms with van der Waals surface area (Å²) in [6.07, 6.45) is 1.78. The molecule has 2 aliphatic rings. The van der Waals surface area contributed by atoms with E-state index >= 15 is 0 Å². The van der Waals surface area contributed by atoms with Crippen molar-refractivity contribution in [3.05, 3.63) is 29.3 Å². The highest BCUT2D eigenvalue weighted by atomic mass is 16.5. The molecular weight excluding hydrogens is 310 g/mol. The Bertz CT molecular complexity index is 636. The molecule has 1 aromatic rings. The number of hydrogen-bond acceptors (Lipinski definition) is 4. The van der Waals surface area contributed by atoms with E-state index in [1.54, 1.807) is 17.0 Å². The summed E-state index contributed by atoms with van der Waals surface area (Å²) >= 11 is 0. The minimum absolute atomic E-state index is 0.00666. The number of phenols is 1. The third-order valence-corrected chi connectivity index (χ3v) is 5.13. The number of phenolic OH excluding ortho intramolecular Hbond substituents is 1. The normalized spacial score (nSPS) is 25.0. The summed E-state index contributed by atoms with van der Waals surface area (Å²) in [5.74, 6) is -1.22. The number of aliphatic carboxylic acids is 1. The number of piperidine rings is 1. The lowest BCUT2D eigenvalue weighted by molar-refractivity contribution is -0.145. The third-order valence-electron chi connectivity index (χ3n) is 5.13. The van der Waals surface area contributed by atoms with E-state index in [9.17, 15) is 19.8 Å². The molecule has 0 radical (unpaired) electrons. The first-order valence-electron chi connectivity index (χ1n) is 8.40. The summed E-state index contributed by atoms with van der Waals surface area (Å²) in [6.45, 7) is 3.48. The summed E-state index contributed by atoms with van der Waals surface area (Å²) in [5, 5.41) is 19.3. The predicted octanol–water partition coefficient (Wildman–Crippen LogP) is 2.04. The van der Waals surface area contributed by atoms with Crippen molar-refractivity contribution < 1.29 is 24.5 Å². The maximum Gasteiger partial charge on any atom is 0.309 e. The average Bonchev–Trinajstić information content (AvgIpc) is 3.04. The van der Waals surface area contributed by atoms with Gasteiger partial charge in [0.1, 0.15) is 5.75 Å². The second-order valence-electron chi connectivity index (χ2n) is 6.72. The first kappa shape index (κ1) is 16.8. The van der Waals surface area contributed by atoms with Crippen molar-refractivity contribution in [1.82, 2.24) is 4.90 Å². The first-order valence-corrected chi connectivity index (χ1v) is 8.40. The van der Waals surface area contributed by atoms with Gasteiger partial charge in [-0.1, -0.05) is 6.07 Å². The predicted molar refractivity (Wildman–Crippen MR) is 87.0 cm³/mol. The van der Waals surface area contributed by atoms with E-state index in [0.717, 1.165) is 18.4 Å². The lowest BCUT2D eigenvalue weighted by Gasteiger charge is -2.35. The molecule has 6 nitrogen and oxygen atoms in total. The smallest absolute Gasteiger partial charge is 0.309 e. The number of carboxylic acid groups (broad SMARTS) is 1. The van der Waals surface area contributed by atoms with Crippen LogP contribution in [0.4, 0.5) is 0 Å². The Morgan fingerprint density at radius 2 is 1.92 bits per heavy atom. The van der Waals surface area contributed by atoms with Gasteiger partial charge in [-0.2, -0.15) is 0 Å². The molecule has 1 unspecified atom stereocenters. The van der Waals surface area contributed by atoms with Gasteiger partial charge in [0.05, 0.1) is 17.6 Å². The van der Waals surface area contributed by atoms with E-state index in [2.05, 4.69) is 0 Å². The molecular formula is C18H23NO5. The monoisotopic (exact) mass is 333 g/mol. The van der Waals surface area contributed by atoms with Crippen LogP contribution in [0.3, 0.4) is 0 Å². The molecule has 130 valence electrons. The first-order chi connectivity index (χ1) is 11.5. The molecule has 1 aromatic carbocycles. The standard InChI is InChI=1S/C18H23NO5/c1-11-2-3-13(15(20)10-11)17(21)19-7-4-12(5-8-19)16-14(18(22)23)6-9-24-16/h2-3,10,12,14,16,20H,4-9H2,1H3,(H,22,23)/t14?,16-/m0/s1. The number of nitrogens with zero attached hydrogens (tertiary/aromatic N) is 1. The number of rotatable bonds is 3. The number of ether oxygens (including phenoxy) is 1. The minimum atomic E-state index is -0.791.